The van der Waals surface area contributed by atoms with Gasteiger partial charge in [0.15, 0.2) is 0 Å². The van der Waals surface area contributed by atoms with Crippen LogP contribution in [0.15, 0.2) is 6.07 Å². The highest BCUT2D eigenvalue weighted by atomic mass is 32.1. The summed E-state index contributed by atoms with van der Waals surface area (Å²) in [5.41, 5.74) is -0.382. The maximum Gasteiger partial charge on any atom is 0.412 e. The zero-order valence-corrected chi connectivity index (χ0v) is 11.0. The Bertz CT molecular complexity index is 445. The molecule has 0 aliphatic heterocycles. The molecule has 5 nitrogen and oxygen atoms in total. The van der Waals surface area contributed by atoms with Crippen molar-refractivity contribution in [3.8, 4) is 0 Å². The topological polar surface area (TPSA) is 75.6 Å². The van der Waals surface area contributed by atoms with Gasteiger partial charge in [-0.25, -0.2) is 9.59 Å². The van der Waals surface area contributed by atoms with Crippen molar-refractivity contribution >= 4 is 28.4 Å². The fourth-order valence-corrected chi connectivity index (χ4v) is 2.06. The second-order valence-electron chi connectivity index (χ2n) is 4.51. The summed E-state index contributed by atoms with van der Waals surface area (Å²) in [6.45, 7) is 6.97. The number of hydrogen-bond donors (Lipinski definition) is 2. The number of carboxylic acids is 1. The second-order valence-corrected chi connectivity index (χ2v) is 5.77. The van der Waals surface area contributed by atoms with Crippen LogP contribution in [0, 0.1) is 6.92 Å². The zero-order chi connectivity index (χ0) is 13.2. The first kappa shape index (κ1) is 13.5. The first-order chi connectivity index (χ1) is 7.69. The van der Waals surface area contributed by atoms with Gasteiger partial charge < -0.3 is 9.84 Å². The third-order valence-electron chi connectivity index (χ3n) is 1.77. The molecule has 94 valence electrons. The minimum atomic E-state index is -1.00. The van der Waals surface area contributed by atoms with Gasteiger partial charge >= 0.3 is 12.1 Å². The van der Waals surface area contributed by atoms with Gasteiger partial charge in [0.25, 0.3) is 0 Å². The molecule has 2 N–H and O–H groups in total. The fraction of sp³-hybridized carbons (Fsp3) is 0.455. The average molecular weight is 257 g/mol. The molecule has 1 amide bonds. The van der Waals surface area contributed by atoms with Crippen LogP contribution in [-0.2, 0) is 4.74 Å². The normalized spacial score (nSPS) is 11.1. The van der Waals surface area contributed by atoms with E-state index in [1.165, 1.54) is 17.4 Å². The molecule has 1 aromatic heterocycles. The van der Waals surface area contributed by atoms with Crippen molar-refractivity contribution in [3.63, 3.8) is 0 Å². The van der Waals surface area contributed by atoms with Crippen molar-refractivity contribution < 1.29 is 19.4 Å². The van der Waals surface area contributed by atoms with Gasteiger partial charge in [-0.2, -0.15) is 0 Å². The third kappa shape index (κ3) is 4.07. The van der Waals surface area contributed by atoms with Crippen molar-refractivity contribution in [3.05, 3.63) is 16.5 Å². The van der Waals surface area contributed by atoms with E-state index in [9.17, 15) is 9.59 Å². The Balaban J connectivity index is 2.73. The number of nitrogens with one attached hydrogen (secondary N) is 1. The molecule has 1 aromatic rings. The zero-order valence-electron chi connectivity index (χ0n) is 10.2. The number of ether oxygens (including phenoxy) is 1. The van der Waals surface area contributed by atoms with Crippen LogP contribution in [-0.4, -0.2) is 22.8 Å². The molecule has 6 heteroatoms. The summed E-state index contributed by atoms with van der Waals surface area (Å²) in [4.78, 5) is 22.9. The van der Waals surface area contributed by atoms with Crippen LogP contribution in [0.5, 0.6) is 0 Å². The summed E-state index contributed by atoms with van der Waals surface area (Å²) in [5, 5.41) is 11.8. The van der Waals surface area contributed by atoms with Crippen LogP contribution in [0.1, 0.15) is 36.0 Å². The molecule has 0 bridgehead atoms. The van der Waals surface area contributed by atoms with Gasteiger partial charge in [-0.3, -0.25) is 5.32 Å². The van der Waals surface area contributed by atoms with E-state index in [-0.39, 0.29) is 5.56 Å². The molecule has 1 rings (SSSR count). The van der Waals surface area contributed by atoms with Gasteiger partial charge in [0, 0.05) is 4.88 Å². The molecule has 1 heterocycles. The Morgan fingerprint density at radius 3 is 2.41 bits per heavy atom. The standard InChI is InChI=1S/C11H15NO4S/c1-6-7(9(13)14)5-8(17-6)12-10(15)16-11(2,3)4/h5H,1-4H3,(H,12,15)(H,13,14). The van der Waals surface area contributed by atoms with Gasteiger partial charge in [0.1, 0.15) is 5.60 Å². The Kier molecular flexibility index (Phi) is 3.77. The Morgan fingerprint density at radius 1 is 1.41 bits per heavy atom. The van der Waals surface area contributed by atoms with E-state index in [1.807, 2.05) is 0 Å². The number of rotatable bonds is 2. The summed E-state index contributed by atoms with van der Waals surface area (Å²) in [5.74, 6) is -1.00. The lowest BCUT2D eigenvalue weighted by Gasteiger charge is -2.19. The molecule has 0 fully saturated rings. The molecule has 0 aromatic carbocycles. The van der Waals surface area contributed by atoms with Crippen molar-refractivity contribution in [2.24, 2.45) is 0 Å². The van der Waals surface area contributed by atoms with Crippen molar-refractivity contribution in [1.29, 1.82) is 0 Å². The molecule has 17 heavy (non-hydrogen) atoms. The van der Waals surface area contributed by atoms with E-state index in [4.69, 9.17) is 9.84 Å². The maximum atomic E-state index is 11.4. The van der Waals surface area contributed by atoms with Crippen LogP contribution in [0.4, 0.5) is 9.80 Å². The Labute approximate surface area is 103 Å². The molecule has 0 unspecified atom stereocenters. The van der Waals surface area contributed by atoms with E-state index in [2.05, 4.69) is 5.32 Å². The highest BCUT2D eigenvalue weighted by Crippen LogP contribution is 2.26. The first-order valence-corrected chi connectivity index (χ1v) is 5.84. The van der Waals surface area contributed by atoms with Gasteiger partial charge in [-0.15, -0.1) is 11.3 Å². The van der Waals surface area contributed by atoms with Crippen molar-refractivity contribution in [2.45, 2.75) is 33.3 Å². The number of thiophene rings is 1. The maximum absolute atomic E-state index is 11.4. The van der Waals surface area contributed by atoms with Gasteiger partial charge in [-0.05, 0) is 33.8 Å². The molecule has 0 aliphatic rings. The molecular weight excluding hydrogens is 242 g/mol. The van der Waals surface area contributed by atoms with Crippen LogP contribution in [0.2, 0.25) is 0 Å². The largest absolute Gasteiger partial charge is 0.478 e. The number of carboxylic acid groups (broad SMARTS) is 1. The lowest BCUT2D eigenvalue weighted by molar-refractivity contribution is 0.0633. The summed E-state index contributed by atoms with van der Waals surface area (Å²) >= 11 is 1.20. The number of carbonyl (C=O) groups excluding carboxylic acids is 1. The number of aromatic carboxylic acids is 1. The van der Waals surface area contributed by atoms with Crippen LogP contribution in [0.25, 0.3) is 0 Å². The summed E-state index contributed by atoms with van der Waals surface area (Å²) < 4.78 is 5.06. The number of hydrogen-bond acceptors (Lipinski definition) is 4. The molecule has 0 atom stereocenters. The molecule has 0 aliphatic carbocycles. The predicted molar refractivity (Wildman–Crippen MR) is 65.9 cm³/mol. The van der Waals surface area contributed by atoms with E-state index in [0.29, 0.717) is 9.88 Å². The number of amides is 1. The lowest BCUT2D eigenvalue weighted by Crippen LogP contribution is -2.26. The minimum absolute atomic E-state index is 0.195. The third-order valence-corrected chi connectivity index (χ3v) is 2.74. The summed E-state index contributed by atoms with van der Waals surface area (Å²) in [7, 11) is 0. The van der Waals surface area contributed by atoms with E-state index < -0.39 is 17.7 Å². The highest BCUT2D eigenvalue weighted by Gasteiger charge is 2.18. The minimum Gasteiger partial charge on any atom is -0.478 e. The predicted octanol–water partition coefficient (Wildman–Crippen LogP) is 3.10. The van der Waals surface area contributed by atoms with Crippen molar-refractivity contribution in [2.75, 3.05) is 5.32 Å². The summed E-state index contributed by atoms with van der Waals surface area (Å²) in [6, 6.07) is 1.42. The first-order valence-electron chi connectivity index (χ1n) is 5.03. The molecule has 0 saturated heterocycles. The van der Waals surface area contributed by atoms with Crippen molar-refractivity contribution in [1.82, 2.24) is 0 Å². The quantitative estimate of drug-likeness (QED) is 0.853. The van der Waals surface area contributed by atoms with Crippen LogP contribution < -0.4 is 5.32 Å². The van der Waals surface area contributed by atoms with Gasteiger partial charge in [-0.1, -0.05) is 0 Å². The van der Waals surface area contributed by atoms with Gasteiger partial charge in [0.2, 0.25) is 0 Å². The Morgan fingerprint density at radius 2 is 2.00 bits per heavy atom. The monoisotopic (exact) mass is 257 g/mol. The fourth-order valence-electron chi connectivity index (χ4n) is 1.16. The van der Waals surface area contributed by atoms with Crippen LogP contribution >= 0.6 is 11.3 Å². The average Bonchev–Trinajstić information content (AvgIpc) is 2.42. The van der Waals surface area contributed by atoms with Gasteiger partial charge in [0.05, 0.1) is 10.6 Å². The second kappa shape index (κ2) is 4.75. The summed E-state index contributed by atoms with van der Waals surface area (Å²) in [6.07, 6.45) is -0.587. The molecular formula is C11H15NO4S. The molecule has 0 saturated carbocycles. The van der Waals surface area contributed by atoms with E-state index in [1.54, 1.807) is 27.7 Å². The number of anilines is 1. The van der Waals surface area contributed by atoms with Crippen LogP contribution in [0.3, 0.4) is 0 Å². The van der Waals surface area contributed by atoms with E-state index >= 15 is 0 Å². The van der Waals surface area contributed by atoms with E-state index in [0.717, 1.165) is 0 Å². The Hall–Kier alpha value is -1.56. The molecule has 0 spiro atoms. The lowest BCUT2D eigenvalue weighted by atomic mass is 10.2. The molecule has 0 radical (unpaired) electrons. The smallest absolute Gasteiger partial charge is 0.412 e. The number of carbonyl (C=O) groups is 2. The number of aryl methyl sites for hydroxylation is 1. The SMILES string of the molecule is Cc1sc(NC(=O)OC(C)(C)C)cc1C(=O)O. The highest BCUT2D eigenvalue weighted by molar-refractivity contribution is 7.16.